The van der Waals surface area contributed by atoms with Crippen LogP contribution in [0.4, 0.5) is 5.69 Å². The molecule has 116 valence electrons. The van der Waals surface area contributed by atoms with Crippen molar-refractivity contribution in [2.75, 3.05) is 5.32 Å². The molecular weight excluding hydrogens is 292 g/mol. The third kappa shape index (κ3) is 4.16. The highest BCUT2D eigenvalue weighted by Gasteiger charge is 2.08. The Bertz CT molecular complexity index is 757. The number of carbonyl (C=O) groups is 1. The van der Waals surface area contributed by atoms with Crippen LogP contribution in [0, 0.1) is 0 Å². The maximum absolute atomic E-state index is 12.1. The second-order valence-electron chi connectivity index (χ2n) is 4.91. The van der Waals surface area contributed by atoms with Crippen LogP contribution in [0.25, 0.3) is 0 Å². The minimum Gasteiger partial charge on any atom is -0.467 e. The molecule has 6 nitrogen and oxygen atoms in total. The SMILES string of the molecule is O=C(NCc1ccco1)c1cc(NCc2cccnc2)ccn1. The van der Waals surface area contributed by atoms with E-state index in [1.54, 1.807) is 43.1 Å². The lowest BCUT2D eigenvalue weighted by molar-refractivity contribution is 0.0943. The van der Waals surface area contributed by atoms with Gasteiger partial charge in [-0.25, -0.2) is 0 Å². The summed E-state index contributed by atoms with van der Waals surface area (Å²) in [4.78, 5) is 20.3. The Balaban J connectivity index is 1.59. The molecule has 0 fully saturated rings. The zero-order valence-electron chi connectivity index (χ0n) is 12.4. The Morgan fingerprint density at radius 1 is 1.13 bits per heavy atom. The average Bonchev–Trinajstić information content (AvgIpc) is 3.12. The van der Waals surface area contributed by atoms with Crippen LogP contribution in [0.2, 0.25) is 0 Å². The van der Waals surface area contributed by atoms with Crippen LogP contribution in [0.3, 0.4) is 0 Å². The molecule has 0 aromatic carbocycles. The van der Waals surface area contributed by atoms with E-state index in [0.29, 0.717) is 24.5 Å². The zero-order valence-corrected chi connectivity index (χ0v) is 12.4. The fraction of sp³-hybridized carbons (Fsp3) is 0.118. The molecule has 1 amide bonds. The first-order chi connectivity index (χ1) is 11.3. The van der Waals surface area contributed by atoms with E-state index in [4.69, 9.17) is 4.42 Å². The summed E-state index contributed by atoms with van der Waals surface area (Å²) in [6, 6.07) is 11.0. The number of amides is 1. The van der Waals surface area contributed by atoms with Crippen LogP contribution in [0.5, 0.6) is 0 Å². The molecule has 3 rings (SSSR count). The Kier molecular flexibility index (Phi) is 4.63. The van der Waals surface area contributed by atoms with Crippen molar-refractivity contribution in [3.8, 4) is 0 Å². The van der Waals surface area contributed by atoms with Crippen molar-refractivity contribution in [1.82, 2.24) is 15.3 Å². The number of aromatic nitrogens is 2. The molecule has 3 aromatic heterocycles. The molecular formula is C17H16N4O2. The molecule has 3 heterocycles. The molecule has 2 N–H and O–H groups in total. The Morgan fingerprint density at radius 2 is 2.09 bits per heavy atom. The van der Waals surface area contributed by atoms with Crippen LogP contribution in [0.1, 0.15) is 21.8 Å². The number of pyridine rings is 2. The molecule has 0 unspecified atom stereocenters. The fourth-order valence-electron chi connectivity index (χ4n) is 2.04. The highest BCUT2D eigenvalue weighted by molar-refractivity contribution is 5.93. The van der Waals surface area contributed by atoms with Crippen molar-refractivity contribution in [3.05, 3.63) is 78.3 Å². The molecule has 0 bridgehead atoms. The smallest absolute Gasteiger partial charge is 0.270 e. The van der Waals surface area contributed by atoms with E-state index in [1.807, 2.05) is 18.2 Å². The van der Waals surface area contributed by atoms with Crippen molar-refractivity contribution in [1.29, 1.82) is 0 Å². The lowest BCUT2D eigenvalue weighted by Crippen LogP contribution is -2.23. The summed E-state index contributed by atoms with van der Waals surface area (Å²) in [6.45, 7) is 0.964. The lowest BCUT2D eigenvalue weighted by Gasteiger charge is -2.08. The van der Waals surface area contributed by atoms with E-state index in [0.717, 1.165) is 11.3 Å². The van der Waals surface area contributed by atoms with Gasteiger partial charge in [-0.15, -0.1) is 0 Å². The van der Waals surface area contributed by atoms with Gasteiger partial charge in [0.25, 0.3) is 5.91 Å². The first-order valence-corrected chi connectivity index (χ1v) is 7.21. The van der Waals surface area contributed by atoms with E-state index in [1.165, 1.54) is 0 Å². The average molecular weight is 308 g/mol. The molecule has 0 aliphatic rings. The van der Waals surface area contributed by atoms with Gasteiger partial charge in [0.15, 0.2) is 0 Å². The fourth-order valence-corrected chi connectivity index (χ4v) is 2.04. The lowest BCUT2D eigenvalue weighted by atomic mass is 10.2. The molecule has 0 saturated heterocycles. The second kappa shape index (κ2) is 7.22. The zero-order chi connectivity index (χ0) is 15.9. The van der Waals surface area contributed by atoms with Crippen molar-refractivity contribution in [2.24, 2.45) is 0 Å². The maximum atomic E-state index is 12.1. The van der Waals surface area contributed by atoms with Gasteiger partial charge in [0.05, 0.1) is 12.8 Å². The number of nitrogens with one attached hydrogen (secondary N) is 2. The van der Waals surface area contributed by atoms with E-state index >= 15 is 0 Å². The predicted molar refractivity (Wildman–Crippen MR) is 85.7 cm³/mol. The van der Waals surface area contributed by atoms with Crippen molar-refractivity contribution < 1.29 is 9.21 Å². The standard InChI is InChI=1S/C17H16N4O2/c22-17(21-12-15-4-2-8-23-15)16-9-14(5-7-19-16)20-11-13-3-1-6-18-10-13/h1-10H,11-12H2,(H,19,20)(H,21,22). The largest absolute Gasteiger partial charge is 0.467 e. The quantitative estimate of drug-likeness (QED) is 0.731. The third-order valence-corrected chi connectivity index (χ3v) is 3.22. The van der Waals surface area contributed by atoms with E-state index in [9.17, 15) is 4.79 Å². The Morgan fingerprint density at radius 3 is 2.87 bits per heavy atom. The van der Waals surface area contributed by atoms with Crippen LogP contribution in [0.15, 0.2) is 65.7 Å². The van der Waals surface area contributed by atoms with E-state index in [2.05, 4.69) is 20.6 Å². The number of furan rings is 1. The summed E-state index contributed by atoms with van der Waals surface area (Å²) < 4.78 is 5.18. The molecule has 0 spiro atoms. The number of hydrogen-bond donors (Lipinski definition) is 2. The van der Waals surface area contributed by atoms with Gasteiger partial charge >= 0.3 is 0 Å². The van der Waals surface area contributed by atoms with E-state index in [-0.39, 0.29) is 5.91 Å². The van der Waals surface area contributed by atoms with Gasteiger partial charge in [-0.3, -0.25) is 14.8 Å². The van der Waals surface area contributed by atoms with Crippen molar-refractivity contribution in [2.45, 2.75) is 13.1 Å². The summed E-state index contributed by atoms with van der Waals surface area (Å²) in [5, 5.41) is 6.02. The van der Waals surface area contributed by atoms with Gasteiger partial charge in [-0.2, -0.15) is 0 Å². The maximum Gasteiger partial charge on any atom is 0.270 e. The monoisotopic (exact) mass is 308 g/mol. The van der Waals surface area contributed by atoms with Crippen molar-refractivity contribution >= 4 is 11.6 Å². The Labute approximate surface area is 133 Å². The predicted octanol–water partition coefficient (Wildman–Crippen LogP) is 2.61. The highest BCUT2D eigenvalue weighted by Crippen LogP contribution is 2.10. The number of carbonyl (C=O) groups excluding carboxylic acids is 1. The number of hydrogen-bond acceptors (Lipinski definition) is 5. The molecule has 0 radical (unpaired) electrons. The Hall–Kier alpha value is -3.15. The van der Waals surface area contributed by atoms with Gasteiger partial charge in [0, 0.05) is 30.8 Å². The highest BCUT2D eigenvalue weighted by atomic mass is 16.3. The summed E-state index contributed by atoms with van der Waals surface area (Å²) in [7, 11) is 0. The summed E-state index contributed by atoms with van der Waals surface area (Å²) in [5.74, 6) is 0.454. The van der Waals surface area contributed by atoms with Gasteiger partial charge in [0.1, 0.15) is 11.5 Å². The summed E-state index contributed by atoms with van der Waals surface area (Å²) >= 11 is 0. The van der Waals surface area contributed by atoms with Crippen LogP contribution in [-0.4, -0.2) is 15.9 Å². The van der Waals surface area contributed by atoms with Gasteiger partial charge in [0.2, 0.25) is 0 Å². The van der Waals surface area contributed by atoms with E-state index < -0.39 is 0 Å². The molecule has 0 atom stereocenters. The molecule has 6 heteroatoms. The minimum atomic E-state index is -0.244. The van der Waals surface area contributed by atoms with Crippen LogP contribution in [-0.2, 0) is 13.1 Å². The molecule has 0 saturated carbocycles. The van der Waals surface area contributed by atoms with Crippen molar-refractivity contribution in [3.63, 3.8) is 0 Å². The number of rotatable bonds is 6. The van der Waals surface area contributed by atoms with Gasteiger partial charge in [-0.1, -0.05) is 6.07 Å². The third-order valence-electron chi connectivity index (χ3n) is 3.22. The molecule has 3 aromatic rings. The molecule has 0 aliphatic heterocycles. The minimum absolute atomic E-state index is 0.244. The first-order valence-electron chi connectivity index (χ1n) is 7.21. The molecule has 23 heavy (non-hydrogen) atoms. The van der Waals surface area contributed by atoms with Gasteiger partial charge < -0.3 is 15.1 Å². The van der Waals surface area contributed by atoms with Gasteiger partial charge in [-0.05, 0) is 35.9 Å². The molecule has 0 aliphatic carbocycles. The van der Waals surface area contributed by atoms with Crippen LogP contribution >= 0.6 is 0 Å². The summed E-state index contributed by atoms with van der Waals surface area (Å²) in [6.07, 6.45) is 6.71. The van der Waals surface area contributed by atoms with Crippen LogP contribution < -0.4 is 10.6 Å². The summed E-state index contributed by atoms with van der Waals surface area (Å²) in [5.41, 5.74) is 2.24. The number of anilines is 1. The number of nitrogens with zero attached hydrogens (tertiary/aromatic N) is 2. The first kappa shape index (κ1) is 14.8. The topological polar surface area (TPSA) is 80.0 Å². The second-order valence-corrected chi connectivity index (χ2v) is 4.91. The normalized spacial score (nSPS) is 10.3.